The minimum atomic E-state index is -0.833. The Kier molecular flexibility index (Phi) is 107. The maximum Gasteiger partial charge on any atom is 1.00 e. The first-order valence-electron chi connectivity index (χ1n) is 3.71. The van der Waals surface area contributed by atoms with Crippen LogP contribution in [0.15, 0.2) is 0 Å². The number of halogens is 1. The average molecular weight is 395 g/mol. The molecule has 0 atom stereocenters. The summed E-state index contributed by atoms with van der Waals surface area (Å²) >= 11 is 0. The molecule has 0 spiro atoms. The topological polar surface area (TPSA) is 212 Å². The molecule has 0 rings (SSSR count). The van der Waals surface area contributed by atoms with Crippen LogP contribution in [0.2, 0.25) is 0 Å². The Morgan fingerprint density at radius 1 is 0.550 bits per heavy atom. The van der Waals surface area contributed by atoms with Crippen LogP contribution in [0.25, 0.3) is 0 Å². The smallest absolute Gasteiger partial charge is 1.00 e. The van der Waals surface area contributed by atoms with E-state index in [4.69, 9.17) is 39.6 Å². The zero-order chi connectivity index (χ0) is 14.3. The fraction of sp³-hybridized carbons (Fsp3) is 0.500. The molecule has 0 saturated carbocycles. The Hall–Kier alpha value is -0.0836. The van der Waals surface area contributed by atoms with Gasteiger partial charge in [-0.3, -0.25) is 19.2 Å². The molecular formula is C8H20BrKO10. The summed E-state index contributed by atoms with van der Waals surface area (Å²) in [6.07, 6.45) is 0. The standard InChI is InChI=1S/4C2H4O2.BrH.K.2H2O/c4*1-2(3)4;;;;/h4*1H3,(H,3,4);1H;;2*1H2/q;;;;;+1;;/p-1. The monoisotopic (exact) mass is 394 g/mol. The molecule has 12 heteroatoms. The maximum absolute atomic E-state index is 9.00. The second kappa shape index (κ2) is 42.8. The summed E-state index contributed by atoms with van der Waals surface area (Å²) in [5.74, 6) is -3.33. The Labute approximate surface area is 169 Å². The molecule has 10 nitrogen and oxygen atoms in total. The van der Waals surface area contributed by atoms with E-state index in [0.717, 1.165) is 27.7 Å². The number of carbonyl (C=O) groups is 4. The number of carboxylic acid groups (broad SMARTS) is 4. The number of rotatable bonds is 0. The van der Waals surface area contributed by atoms with Gasteiger partial charge in [0.05, 0.1) is 0 Å². The Morgan fingerprint density at radius 3 is 0.550 bits per heavy atom. The summed E-state index contributed by atoms with van der Waals surface area (Å²) in [5.41, 5.74) is 0. The Balaban J connectivity index is -0.0000000150. The summed E-state index contributed by atoms with van der Waals surface area (Å²) in [6.45, 7) is 4.33. The van der Waals surface area contributed by atoms with Gasteiger partial charge >= 0.3 is 51.4 Å². The van der Waals surface area contributed by atoms with Crippen molar-refractivity contribution in [2.45, 2.75) is 27.7 Å². The van der Waals surface area contributed by atoms with Gasteiger partial charge < -0.3 is 48.4 Å². The maximum atomic E-state index is 9.00. The molecule has 0 aromatic heterocycles. The second-order valence-corrected chi connectivity index (χ2v) is 2.08. The van der Waals surface area contributed by atoms with E-state index in [1.54, 1.807) is 0 Å². The molecule has 0 aromatic carbocycles. The Bertz CT molecular complexity index is 169. The van der Waals surface area contributed by atoms with Gasteiger partial charge in [0.25, 0.3) is 23.9 Å². The predicted octanol–water partition coefficient (Wildman–Crippen LogP) is -7.28. The van der Waals surface area contributed by atoms with E-state index in [2.05, 4.69) is 0 Å². The second-order valence-electron chi connectivity index (χ2n) is 2.08. The molecule has 0 bridgehead atoms. The van der Waals surface area contributed by atoms with Crippen molar-refractivity contribution in [3.63, 3.8) is 0 Å². The molecule has 0 aliphatic rings. The number of aliphatic carboxylic acids is 4. The zero-order valence-electron chi connectivity index (χ0n) is 11.8. The van der Waals surface area contributed by atoms with Gasteiger partial charge in [0.2, 0.25) is 0 Å². The average Bonchev–Trinajstić information content (AvgIpc) is 1.76. The van der Waals surface area contributed by atoms with E-state index in [1.807, 2.05) is 0 Å². The van der Waals surface area contributed by atoms with Crippen molar-refractivity contribution in [1.82, 2.24) is 0 Å². The molecule has 0 amide bonds. The first-order valence-corrected chi connectivity index (χ1v) is 3.71. The zero-order valence-corrected chi connectivity index (χ0v) is 16.5. The predicted molar refractivity (Wildman–Crippen MR) is 60.5 cm³/mol. The molecule has 0 aromatic rings. The van der Waals surface area contributed by atoms with Crippen LogP contribution in [0.3, 0.4) is 0 Å². The fourth-order valence-corrected chi connectivity index (χ4v) is 0. The minimum absolute atomic E-state index is 0. The van der Waals surface area contributed by atoms with Crippen molar-refractivity contribution < 1.29 is 119 Å². The molecule has 120 valence electrons. The third-order valence-electron chi connectivity index (χ3n) is 0. The van der Waals surface area contributed by atoms with Gasteiger partial charge in [-0.25, -0.2) is 0 Å². The van der Waals surface area contributed by atoms with Crippen LogP contribution in [0, 0.1) is 0 Å². The van der Waals surface area contributed by atoms with Crippen LogP contribution in [-0.4, -0.2) is 55.3 Å². The van der Waals surface area contributed by atoms with E-state index in [-0.39, 0.29) is 79.3 Å². The molecule has 0 unspecified atom stereocenters. The largest absolute Gasteiger partial charge is 1.00 e. The van der Waals surface area contributed by atoms with Gasteiger partial charge in [-0.15, -0.1) is 0 Å². The van der Waals surface area contributed by atoms with E-state index >= 15 is 0 Å². The third-order valence-corrected chi connectivity index (χ3v) is 0. The van der Waals surface area contributed by atoms with Crippen molar-refractivity contribution in [2.75, 3.05) is 0 Å². The van der Waals surface area contributed by atoms with Crippen LogP contribution in [0.1, 0.15) is 27.7 Å². The minimum Gasteiger partial charge on any atom is -1.00 e. The summed E-state index contributed by atoms with van der Waals surface area (Å²) < 4.78 is 0. The summed E-state index contributed by atoms with van der Waals surface area (Å²) in [7, 11) is 0. The normalized spacial score (nSPS) is 5.00. The van der Waals surface area contributed by atoms with E-state index in [1.165, 1.54) is 0 Å². The molecule has 0 saturated heterocycles. The van der Waals surface area contributed by atoms with Gasteiger partial charge in [-0.05, 0) is 0 Å². The summed E-state index contributed by atoms with van der Waals surface area (Å²) in [5, 5.41) is 29.7. The molecule has 0 aliphatic heterocycles. The van der Waals surface area contributed by atoms with Crippen LogP contribution in [0.5, 0.6) is 0 Å². The molecule has 8 N–H and O–H groups in total. The van der Waals surface area contributed by atoms with E-state index in [9.17, 15) is 0 Å². The van der Waals surface area contributed by atoms with Crippen molar-refractivity contribution >= 4 is 23.9 Å². The number of hydrogen-bond acceptors (Lipinski definition) is 4. The van der Waals surface area contributed by atoms with Crippen LogP contribution >= 0.6 is 0 Å². The van der Waals surface area contributed by atoms with Crippen LogP contribution < -0.4 is 68.4 Å². The van der Waals surface area contributed by atoms with Crippen molar-refractivity contribution in [1.29, 1.82) is 0 Å². The SMILES string of the molecule is CC(=O)O.CC(=O)O.CC(=O)O.CC(=O)O.O.O.[Br-].[K+]. The molecule has 0 fully saturated rings. The van der Waals surface area contributed by atoms with E-state index in [0.29, 0.717) is 0 Å². The third kappa shape index (κ3) is 733000. The van der Waals surface area contributed by atoms with Crippen molar-refractivity contribution in [3.8, 4) is 0 Å². The first kappa shape index (κ1) is 50.2. The van der Waals surface area contributed by atoms with Gasteiger partial charge in [0.15, 0.2) is 0 Å². The van der Waals surface area contributed by atoms with Gasteiger partial charge in [0, 0.05) is 27.7 Å². The van der Waals surface area contributed by atoms with Crippen molar-refractivity contribution in [3.05, 3.63) is 0 Å². The molecular weight excluding hydrogens is 375 g/mol. The van der Waals surface area contributed by atoms with Crippen LogP contribution in [-0.2, 0) is 19.2 Å². The molecule has 0 radical (unpaired) electrons. The Morgan fingerprint density at radius 2 is 0.550 bits per heavy atom. The number of hydrogen-bond donors (Lipinski definition) is 4. The summed E-state index contributed by atoms with van der Waals surface area (Å²) in [6, 6.07) is 0. The quantitative estimate of drug-likeness (QED) is 0.288. The van der Waals surface area contributed by atoms with E-state index < -0.39 is 23.9 Å². The van der Waals surface area contributed by atoms with Gasteiger partial charge in [-0.1, -0.05) is 0 Å². The number of carboxylic acids is 4. The molecule has 0 heterocycles. The fourth-order valence-electron chi connectivity index (χ4n) is 0. The van der Waals surface area contributed by atoms with Gasteiger partial charge in [0.1, 0.15) is 0 Å². The van der Waals surface area contributed by atoms with Crippen LogP contribution in [0.4, 0.5) is 0 Å². The summed E-state index contributed by atoms with van der Waals surface area (Å²) in [4.78, 5) is 36.0. The van der Waals surface area contributed by atoms with Crippen molar-refractivity contribution in [2.24, 2.45) is 0 Å². The molecule has 20 heavy (non-hydrogen) atoms. The molecule has 0 aliphatic carbocycles. The first-order chi connectivity index (χ1) is 6.93. The van der Waals surface area contributed by atoms with Gasteiger partial charge in [-0.2, -0.15) is 0 Å².